The summed E-state index contributed by atoms with van der Waals surface area (Å²) in [5, 5.41) is 22.2. The fourth-order valence-corrected chi connectivity index (χ4v) is 14.7. The van der Waals surface area contributed by atoms with Gasteiger partial charge < -0.3 is 19.8 Å². The molecule has 0 aromatic rings. The van der Waals surface area contributed by atoms with Crippen molar-refractivity contribution in [1.29, 1.82) is 0 Å². The molecule has 0 heterocycles. The largest absolute Gasteiger partial charge is 2.00 e. The van der Waals surface area contributed by atoms with E-state index in [9.17, 15) is 53.5 Å². The van der Waals surface area contributed by atoms with Gasteiger partial charge in [-0.25, -0.2) is 33.7 Å². The van der Waals surface area contributed by atoms with Crippen LogP contribution in [0.25, 0.3) is 0 Å². The zero-order valence-electron chi connectivity index (χ0n) is 50.7. The minimum atomic E-state index is -3.82. The maximum atomic E-state index is 12.5. The van der Waals surface area contributed by atoms with Crippen molar-refractivity contribution in [2.75, 3.05) is 23.0 Å². The van der Waals surface area contributed by atoms with Crippen LogP contribution in [0.5, 0.6) is 0 Å². The first-order chi connectivity index (χ1) is 37.2. The number of rotatable bonds is 60. The van der Waals surface area contributed by atoms with Crippen molar-refractivity contribution < 1.29 is 53.5 Å². The molecule has 79 heavy (non-hydrogen) atoms. The van der Waals surface area contributed by atoms with E-state index in [-0.39, 0.29) is 71.9 Å². The van der Waals surface area contributed by atoms with Gasteiger partial charge in [0.05, 0.1) is 35.3 Å². The summed E-state index contributed by atoms with van der Waals surface area (Å²) in [6.45, 7) is 8.83. The number of carboxylic acid groups (broad SMARTS) is 2. The van der Waals surface area contributed by atoms with Gasteiger partial charge in [-0.05, 0) is 25.7 Å². The van der Waals surface area contributed by atoms with Gasteiger partial charge in [-0.15, -0.1) is 0 Å². The topological polar surface area (TPSA) is 265 Å². The first-order valence-corrected chi connectivity index (χ1v) is 38.2. The molecule has 0 rings (SSSR count). The van der Waals surface area contributed by atoms with Crippen LogP contribution in [0, 0.1) is 0 Å². The Labute approximate surface area is 526 Å². The van der Waals surface area contributed by atoms with Crippen LogP contribution in [-0.4, -0.2) is 130 Å². The summed E-state index contributed by atoms with van der Waals surface area (Å²) >= 11 is 0. The fraction of sp³-hybridized carbons (Fsp3) is 0.966. The van der Waals surface area contributed by atoms with E-state index in [1.807, 2.05) is 0 Å². The summed E-state index contributed by atoms with van der Waals surface area (Å²) in [5.41, 5.74) is 0. The van der Waals surface area contributed by atoms with Gasteiger partial charge in [0, 0.05) is 24.8 Å². The molecule has 0 saturated heterocycles. The number of aliphatic carboxylic acids is 2. The van der Waals surface area contributed by atoms with E-state index in [0.717, 1.165) is 103 Å². The van der Waals surface area contributed by atoms with Gasteiger partial charge in [-0.3, -0.25) is 0 Å². The van der Waals surface area contributed by atoms with Crippen LogP contribution in [0.15, 0.2) is 0 Å². The van der Waals surface area contributed by atoms with Gasteiger partial charge in [0.25, 0.3) is 0 Å². The van der Waals surface area contributed by atoms with Crippen molar-refractivity contribution in [3.63, 3.8) is 0 Å². The van der Waals surface area contributed by atoms with Gasteiger partial charge in [-0.1, -0.05) is 285 Å². The monoisotopic (exact) mass is 1330 g/mol. The molecule has 0 unspecified atom stereocenters. The molecule has 0 bridgehead atoms. The Morgan fingerprint density at radius 3 is 0.519 bits per heavy atom. The van der Waals surface area contributed by atoms with Crippen LogP contribution in [0.4, 0.5) is 0 Å². The van der Waals surface area contributed by atoms with Crippen LogP contribution in [0.2, 0.25) is 0 Å². The second-order valence-corrected chi connectivity index (χ2v) is 29.6. The first kappa shape index (κ1) is 83.4. The van der Waals surface area contributed by atoms with E-state index in [1.54, 1.807) is 0 Å². The summed E-state index contributed by atoms with van der Waals surface area (Å²) in [6.07, 6.45) is 43.7. The predicted molar refractivity (Wildman–Crippen MR) is 326 cm³/mol. The number of nitrogens with one attached hydrogen (secondary N) is 4. The smallest absolute Gasteiger partial charge is 0.550 e. The Bertz CT molecular complexity index is 1600. The maximum Gasteiger partial charge on any atom is 2.00 e. The quantitative estimate of drug-likeness (QED) is 0.0252. The van der Waals surface area contributed by atoms with Crippen molar-refractivity contribution >= 4 is 101 Å². The van der Waals surface area contributed by atoms with Crippen LogP contribution in [0.1, 0.15) is 323 Å². The van der Waals surface area contributed by atoms with Crippen molar-refractivity contribution in [3.05, 3.63) is 0 Å². The molecule has 0 fully saturated rings. The number of carbonyl (C=O) groups excluding carboxylic acids is 2. The average molecular weight is 1330 g/mol. The molecule has 0 aliphatic carbocycles. The second-order valence-electron chi connectivity index (χ2n) is 22.1. The summed E-state index contributed by atoms with van der Waals surface area (Å²) in [6, 6.07) is 0. The Morgan fingerprint density at radius 2 is 0.392 bits per heavy atom. The molecule has 0 aliphatic rings. The Hall–Kier alpha value is 0.151. The molecule has 16 nitrogen and oxygen atoms in total. The normalized spacial score (nSPS) is 12.2. The second kappa shape index (κ2) is 57.2. The van der Waals surface area contributed by atoms with Crippen LogP contribution in [0.3, 0.4) is 0 Å². The third-order valence-corrected chi connectivity index (χ3v) is 20.0. The third-order valence-electron chi connectivity index (χ3n) is 14.1. The standard InChI is InChI=1S/2C29H60N2O6S2.Ba/c2*1-3-5-7-9-11-13-15-17-19-21-23-25-38(34,35)30-28(27-29(32)33)31-39(36,37)26-24-22-20-18-16-14-12-10-8-6-4-2;/h2*28,30-31H,3-27H2,1-2H3,(H,32,33);/q;;+2/p-2. The van der Waals surface area contributed by atoms with E-state index < -0.39 is 77.2 Å². The Balaban J connectivity index is -0.00000144. The van der Waals surface area contributed by atoms with Gasteiger partial charge in [0.2, 0.25) is 40.1 Å². The van der Waals surface area contributed by atoms with E-state index in [0.29, 0.717) is 25.7 Å². The van der Waals surface area contributed by atoms with E-state index in [4.69, 9.17) is 0 Å². The molecule has 0 saturated carbocycles. The van der Waals surface area contributed by atoms with Gasteiger partial charge in [0.1, 0.15) is 0 Å². The van der Waals surface area contributed by atoms with Crippen molar-refractivity contribution in [1.82, 2.24) is 18.9 Å². The fourth-order valence-electron chi connectivity index (χ4n) is 9.48. The van der Waals surface area contributed by atoms with Crippen molar-refractivity contribution in [2.45, 2.75) is 335 Å². The minimum Gasteiger partial charge on any atom is -0.550 e. The summed E-state index contributed by atoms with van der Waals surface area (Å²) in [5.74, 6) is -3.67. The summed E-state index contributed by atoms with van der Waals surface area (Å²) in [4.78, 5) is 22.2. The summed E-state index contributed by atoms with van der Waals surface area (Å²) in [7, 11) is -15.3. The molecule has 0 aromatic heterocycles. The van der Waals surface area contributed by atoms with Crippen molar-refractivity contribution in [3.8, 4) is 0 Å². The van der Waals surface area contributed by atoms with Gasteiger partial charge >= 0.3 is 48.9 Å². The van der Waals surface area contributed by atoms with Crippen LogP contribution < -0.4 is 29.1 Å². The minimum absolute atomic E-state index is 0. The molecule has 468 valence electrons. The van der Waals surface area contributed by atoms with Crippen LogP contribution >= 0.6 is 0 Å². The maximum absolute atomic E-state index is 12.5. The molecule has 0 amide bonds. The average Bonchev–Trinajstić information content (AvgIpc) is 3.35. The number of carboxylic acids is 2. The molecule has 21 heteroatoms. The van der Waals surface area contributed by atoms with Gasteiger partial charge in [-0.2, -0.15) is 18.9 Å². The molecule has 0 spiro atoms. The number of carbonyl (C=O) groups is 2. The SMILES string of the molecule is CCCCCCCCCCCCCS(=O)(=O)NC(CC(=O)[O-])NS(=O)(=O)CCCCCCCCCCCCC.CCCCCCCCCCCCCS(=O)(=O)NC(CC(=O)[O-])NS(=O)(=O)CCCCCCCCCCCCC.[Ba+2]. The number of sulfonamides is 4. The zero-order valence-corrected chi connectivity index (χ0v) is 58.5. The molecule has 0 radical (unpaired) electrons. The van der Waals surface area contributed by atoms with E-state index in [2.05, 4.69) is 46.6 Å². The number of hydrogen-bond acceptors (Lipinski definition) is 12. The Kier molecular flexibility index (Phi) is 60.4. The molecular weight excluding hydrogens is 1210 g/mol. The third kappa shape index (κ3) is 64.0. The van der Waals surface area contributed by atoms with E-state index in [1.165, 1.54) is 154 Å². The molecule has 0 aliphatic heterocycles. The van der Waals surface area contributed by atoms with E-state index >= 15 is 0 Å². The molecule has 4 N–H and O–H groups in total. The number of unbranched alkanes of at least 4 members (excludes halogenated alkanes) is 40. The molecule has 0 aromatic carbocycles. The summed E-state index contributed by atoms with van der Waals surface area (Å²) < 4.78 is 109. The van der Waals surface area contributed by atoms with Crippen molar-refractivity contribution in [2.24, 2.45) is 0 Å². The Morgan fingerprint density at radius 1 is 0.266 bits per heavy atom. The molecular formula is C58H118BaN4O12S4. The predicted octanol–water partition coefficient (Wildman–Crippen LogP) is 11.4. The van der Waals surface area contributed by atoms with Gasteiger partial charge in [0.15, 0.2) is 0 Å². The first-order valence-electron chi connectivity index (χ1n) is 31.6. The zero-order chi connectivity index (χ0) is 58.5. The molecule has 0 atom stereocenters. The number of hydrogen-bond donors (Lipinski definition) is 4. The van der Waals surface area contributed by atoms with Crippen LogP contribution in [-0.2, 0) is 49.7 Å².